The van der Waals surface area contributed by atoms with Crippen molar-refractivity contribution in [3.63, 3.8) is 0 Å². The Bertz CT molecular complexity index is 518. The number of nitrogens with one attached hydrogen (secondary N) is 1. The minimum Gasteiger partial charge on any atom is -0.325 e. The Morgan fingerprint density at radius 3 is 2.71 bits per heavy atom. The van der Waals surface area contributed by atoms with Crippen molar-refractivity contribution in [2.24, 2.45) is 5.92 Å². The fourth-order valence-electron chi connectivity index (χ4n) is 2.71. The third-order valence-corrected chi connectivity index (χ3v) is 4.26. The summed E-state index contributed by atoms with van der Waals surface area (Å²) in [5.41, 5.74) is 1.34. The van der Waals surface area contributed by atoms with Gasteiger partial charge in [-0.05, 0) is 69.5 Å². The fourth-order valence-corrected chi connectivity index (χ4v) is 2.71. The van der Waals surface area contributed by atoms with Crippen molar-refractivity contribution in [3.05, 3.63) is 29.8 Å². The molecule has 0 saturated carbocycles. The van der Waals surface area contributed by atoms with E-state index in [1.165, 1.54) is 6.42 Å². The molecule has 0 aliphatic carbocycles. The van der Waals surface area contributed by atoms with Gasteiger partial charge in [-0.3, -0.25) is 9.69 Å². The van der Waals surface area contributed by atoms with Gasteiger partial charge in [0.1, 0.15) is 0 Å². The van der Waals surface area contributed by atoms with Crippen LogP contribution in [0, 0.1) is 17.2 Å². The molecular formula is C17H23N3O. The lowest BCUT2D eigenvalue weighted by molar-refractivity contribution is -0.120. The highest BCUT2D eigenvalue weighted by molar-refractivity contribution is 5.94. The minimum absolute atomic E-state index is 0.0225. The molecule has 4 heteroatoms. The van der Waals surface area contributed by atoms with Gasteiger partial charge in [0.05, 0.1) is 17.7 Å². The van der Waals surface area contributed by atoms with Crippen molar-refractivity contribution in [3.8, 4) is 6.07 Å². The zero-order valence-electron chi connectivity index (χ0n) is 12.8. The highest BCUT2D eigenvalue weighted by Gasteiger charge is 2.23. The number of carbonyl (C=O) groups is 1. The average molecular weight is 285 g/mol. The lowest BCUT2D eigenvalue weighted by Gasteiger charge is -2.26. The number of rotatable bonds is 3. The van der Waals surface area contributed by atoms with Gasteiger partial charge < -0.3 is 5.32 Å². The number of hydrogen-bond donors (Lipinski definition) is 1. The van der Waals surface area contributed by atoms with E-state index in [0.29, 0.717) is 5.56 Å². The monoisotopic (exact) mass is 285 g/mol. The van der Waals surface area contributed by atoms with Crippen LogP contribution >= 0.6 is 0 Å². The maximum absolute atomic E-state index is 12.3. The Labute approximate surface area is 126 Å². The quantitative estimate of drug-likeness (QED) is 0.928. The lowest BCUT2D eigenvalue weighted by atomic mass is 10.0. The van der Waals surface area contributed by atoms with E-state index in [9.17, 15) is 4.79 Å². The van der Waals surface area contributed by atoms with Gasteiger partial charge in [-0.25, -0.2) is 0 Å². The van der Waals surface area contributed by atoms with E-state index in [-0.39, 0.29) is 11.9 Å². The number of nitrogens with zero attached hydrogens (tertiary/aromatic N) is 2. The van der Waals surface area contributed by atoms with Crippen molar-refractivity contribution >= 4 is 11.6 Å². The Hall–Kier alpha value is -1.86. The van der Waals surface area contributed by atoms with Crippen LogP contribution in [0.25, 0.3) is 0 Å². The van der Waals surface area contributed by atoms with Crippen molar-refractivity contribution in [1.29, 1.82) is 5.26 Å². The lowest BCUT2D eigenvalue weighted by Crippen LogP contribution is -2.42. The molecular weight excluding hydrogens is 262 g/mol. The molecule has 1 saturated heterocycles. The fraction of sp³-hybridized carbons (Fsp3) is 0.529. The predicted molar refractivity (Wildman–Crippen MR) is 83.8 cm³/mol. The highest BCUT2D eigenvalue weighted by atomic mass is 16.2. The second kappa shape index (κ2) is 7.24. The zero-order valence-corrected chi connectivity index (χ0v) is 12.8. The van der Waals surface area contributed by atoms with Crippen LogP contribution in [-0.4, -0.2) is 29.9 Å². The molecule has 0 bridgehead atoms. The van der Waals surface area contributed by atoms with E-state index < -0.39 is 0 Å². The summed E-state index contributed by atoms with van der Waals surface area (Å²) in [4.78, 5) is 14.6. The van der Waals surface area contributed by atoms with Crippen molar-refractivity contribution in [2.75, 3.05) is 18.4 Å². The number of benzene rings is 1. The van der Waals surface area contributed by atoms with Crippen LogP contribution in [0.5, 0.6) is 0 Å². The molecule has 1 N–H and O–H groups in total. The number of nitriles is 1. The first kappa shape index (κ1) is 15.5. The number of amides is 1. The van der Waals surface area contributed by atoms with Crippen LogP contribution < -0.4 is 5.32 Å². The largest absolute Gasteiger partial charge is 0.325 e. The molecule has 1 aromatic carbocycles. The Morgan fingerprint density at radius 2 is 2.05 bits per heavy atom. The van der Waals surface area contributed by atoms with Gasteiger partial charge in [-0.15, -0.1) is 0 Å². The van der Waals surface area contributed by atoms with Gasteiger partial charge in [-0.1, -0.05) is 6.92 Å². The molecule has 1 fully saturated rings. The highest BCUT2D eigenvalue weighted by Crippen LogP contribution is 2.19. The maximum atomic E-state index is 12.3. The van der Waals surface area contributed by atoms with Crippen LogP contribution in [0.3, 0.4) is 0 Å². The van der Waals surface area contributed by atoms with E-state index in [4.69, 9.17) is 5.26 Å². The van der Waals surface area contributed by atoms with Gasteiger partial charge >= 0.3 is 0 Å². The average Bonchev–Trinajstić information content (AvgIpc) is 2.72. The molecule has 2 atom stereocenters. The molecule has 0 aromatic heterocycles. The van der Waals surface area contributed by atoms with Crippen LogP contribution in [0.4, 0.5) is 5.69 Å². The van der Waals surface area contributed by atoms with E-state index in [1.807, 2.05) is 6.92 Å². The first-order valence-corrected chi connectivity index (χ1v) is 7.65. The second-order valence-electron chi connectivity index (χ2n) is 5.93. The first-order chi connectivity index (χ1) is 10.1. The van der Waals surface area contributed by atoms with Crippen molar-refractivity contribution < 1.29 is 4.79 Å². The smallest absolute Gasteiger partial charge is 0.241 e. The van der Waals surface area contributed by atoms with Gasteiger partial charge in [-0.2, -0.15) is 5.26 Å². The van der Waals surface area contributed by atoms with E-state index in [2.05, 4.69) is 23.2 Å². The van der Waals surface area contributed by atoms with Crippen molar-refractivity contribution in [2.45, 2.75) is 39.2 Å². The van der Waals surface area contributed by atoms with Crippen LogP contribution in [0.15, 0.2) is 24.3 Å². The Balaban J connectivity index is 1.93. The third kappa shape index (κ3) is 4.30. The van der Waals surface area contributed by atoms with Crippen LogP contribution in [0.2, 0.25) is 0 Å². The molecule has 2 rings (SSSR count). The minimum atomic E-state index is -0.119. The number of likely N-dealkylation sites (tertiary alicyclic amines) is 1. The standard InChI is InChI=1S/C17H23N3O/c1-13-4-3-10-20(11-9-13)14(2)17(21)19-16-7-5-15(12-18)6-8-16/h5-8,13-14H,3-4,9-11H2,1-2H3,(H,19,21). The van der Waals surface area contributed by atoms with E-state index in [1.54, 1.807) is 24.3 Å². The SMILES string of the molecule is CC1CCCN(C(C)C(=O)Nc2ccc(C#N)cc2)CC1. The summed E-state index contributed by atoms with van der Waals surface area (Å²) in [7, 11) is 0. The number of hydrogen-bond acceptors (Lipinski definition) is 3. The maximum Gasteiger partial charge on any atom is 0.241 e. The molecule has 2 unspecified atom stereocenters. The van der Waals surface area contributed by atoms with E-state index >= 15 is 0 Å². The molecule has 0 spiro atoms. The summed E-state index contributed by atoms with van der Waals surface area (Å²) in [6.45, 7) is 6.23. The number of carbonyl (C=O) groups excluding carboxylic acids is 1. The summed E-state index contributed by atoms with van der Waals surface area (Å²) in [5.74, 6) is 0.776. The van der Waals surface area contributed by atoms with Crippen LogP contribution in [-0.2, 0) is 4.79 Å². The molecule has 1 aliphatic heterocycles. The molecule has 1 amide bonds. The molecule has 1 heterocycles. The zero-order chi connectivity index (χ0) is 15.2. The summed E-state index contributed by atoms with van der Waals surface area (Å²) >= 11 is 0. The van der Waals surface area contributed by atoms with Gasteiger partial charge in [0.25, 0.3) is 0 Å². The van der Waals surface area contributed by atoms with Gasteiger partial charge in [0.15, 0.2) is 0 Å². The van der Waals surface area contributed by atoms with Crippen LogP contribution in [0.1, 0.15) is 38.7 Å². The molecule has 0 radical (unpaired) electrons. The van der Waals surface area contributed by atoms with E-state index in [0.717, 1.165) is 37.5 Å². The normalized spacial score (nSPS) is 21.1. The Morgan fingerprint density at radius 1 is 1.33 bits per heavy atom. The molecule has 112 valence electrons. The third-order valence-electron chi connectivity index (χ3n) is 4.26. The summed E-state index contributed by atoms with van der Waals surface area (Å²) in [5, 5.41) is 11.7. The van der Waals surface area contributed by atoms with Gasteiger partial charge in [0, 0.05) is 5.69 Å². The molecule has 21 heavy (non-hydrogen) atoms. The van der Waals surface area contributed by atoms with Crippen molar-refractivity contribution in [1.82, 2.24) is 4.90 Å². The topological polar surface area (TPSA) is 56.1 Å². The first-order valence-electron chi connectivity index (χ1n) is 7.65. The Kier molecular flexibility index (Phi) is 5.35. The molecule has 1 aromatic rings. The number of anilines is 1. The second-order valence-corrected chi connectivity index (χ2v) is 5.93. The van der Waals surface area contributed by atoms with Gasteiger partial charge in [0.2, 0.25) is 5.91 Å². The summed E-state index contributed by atoms with van der Waals surface area (Å²) in [6, 6.07) is 8.93. The summed E-state index contributed by atoms with van der Waals surface area (Å²) in [6.07, 6.45) is 3.57. The molecule has 1 aliphatic rings. The predicted octanol–water partition coefficient (Wildman–Crippen LogP) is 3.01. The molecule has 4 nitrogen and oxygen atoms in total. The summed E-state index contributed by atoms with van der Waals surface area (Å²) < 4.78 is 0.